The van der Waals surface area contributed by atoms with Crippen LogP contribution in [-0.4, -0.2) is 25.0 Å². The zero-order chi connectivity index (χ0) is 12.1. The molecule has 1 aromatic carbocycles. The van der Waals surface area contributed by atoms with E-state index in [1.807, 2.05) is 24.3 Å². The summed E-state index contributed by atoms with van der Waals surface area (Å²) < 4.78 is 0. The number of rotatable bonds is 3. The highest BCUT2D eigenvalue weighted by Crippen LogP contribution is 2.10. The molecule has 0 aromatic heterocycles. The van der Waals surface area contributed by atoms with Gasteiger partial charge in [0.25, 0.3) is 5.91 Å². The van der Waals surface area contributed by atoms with E-state index in [1.54, 1.807) is 0 Å². The molecule has 0 unspecified atom stereocenters. The summed E-state index contributed by atoms with van der Waals surface area (Å²) in [6.07, 6.45) is 3.11. The number of piperidine rings is 1. The molecule has 4 heteroatoms. The molecule has 2 N–H and O–H groups in total. The summed E-state index contributed by atoms with van der Waals surface area (Å²) in [5.74, 6) is 0.0659. The van der Waals surface area contributed by atoms with Gasteiger partial charge in [-0.05, 0) is 37.4 Å². The average molecular weight is 269 g/mol. The van der Waals surface area contributed by atoms with Crippen molar-refractivity contribution in [3.8, 4) is 0 Å². The highest BCUT2D eigenvalue weighted by Gasteiger charge is 2.17. The molecule has 1 heterocycles. The molecule has 1 saturated heterocycles. The fourth-order valence-electron chi connectivity index (χ4n) is 2.29. The summed E-state index contributed by atoms with van der Waals surface area (Å²) in [6, 6.07) is 8.12. The van der Waals surface area contributed by atoms with Crippen LogP contribution in [0, 0.1) is 0 Å². The number of aryl methyl sites for hydroxylation is 1. The lowest BCUT2D eigenvalue weighted by Gasteiger charge is -2.24. The Morgan fingerprint density at radius 2 is 2.22 bits per heavy atom. The molecular weight excluding hydrogens is 248 g/mol. The monoisotopic (exact) mass is 268 g/mol. The Balaban J connectivity index is 0.00000162. The van der Waals surface area contributed by atoms with E-state index in [4.69, 9.17) is 0 Å². The molecule has 1 aliphatic rings. The second kappa shape index (κ2) is 7.39. The molecule has 0 aliphatic carbocycles. The molecule has 0 radical (unpaired) electrons. The summed E-state index contributed by atoms with van der Waals surface area (Å²) >= 11 is 0. The molecule has 2 rings (SSSR count). The Morgan fingerprint density at radius 1 is 1.44 bits per heavy atom. The Hall–Kier alpha value is -1.06. The van der Waals surface area contributed by atoms with Crippen molar-refractivity contribution in [2.75, 3.05) is 13.1 Å². The van der Waals surface area contributed by atoms with E-state index in [0.717, 1.165) is 43.5 Å². The zero-order valence-corrected chi connectivity index (χ0v) is 11.6. The normalized spacial score (nSPS) is 18.8. The highest BCUT2D eigenvalue weighted by molar-refractivity contribution is 5.95. The fraction of sp³-hybridized carbons (Fsp3) is 0.500. The number of carbonyl (C=O) groups is 1. The summed E-state index contributed by atoms with van der Waals surface area (Å²) in [4.78, 5) is 12.2. The maximum absolute atomic E-state index is 12.2. The van der Waals surface area contributed by atoms with E-state index < -0.39 is 0 Å². The van der Waals surface area contributed by atoms with Gasteiger partial charge in [-0.3, -0.25) is 4.79 Å². The first-order valence-electron chi connectivity index (χ1n) is 6.40. The minimum atomic E-state index is 0. The third kappa shape index (κ3) is 3.72. The Labute approximate surface area is 115 Å². The van der Waals surface area contributed by atoms with Gasteiger partial charge >= 0.3 is 0 Å². The largest absolute Gasteiger partial charge is 0.348 e. The number of nitrogens with one attached hydrogen (secondary N) is 2. The molecule has 3 nitrogen and oxygen atoms in total. The van der Waals surface area contributed by atoms with Crippen LogP contribution in [0.2, 0.25) is 0 Å². The van der Waals surface area contributed by atoms with Crippen molar-refractivity contribution in [3.63, 3.8) is 0 Å². The van der Waals surface area contributed by atoms with Crippen LogP contribution in [0.1, 0.15) is 35.7 Å². The van der Waals surface area contributed by atoms with Gasteiger partial charge in [0, 0.05) is 18.2 Å². The average Bonchev–Trinajstić information content (AvgIpc) is 2.40. The summed E-state index contributed by atoms with van der Waals surface area (Å²) in [7, 11) is 0. The van der Waals surface area contributed by atoms with Crippen molar-refractivity contribution in [2.45, 2.75) is 32.2 Å². The number of amides is 1. The third-order valence-electron chi connectivity index (χ3n) is 3.27. The first-order chi connectivity index (χ1) is 8.31. The minimum absolute atomic E-state index is 0. The van der Waals surface area contributed by atoms with E-state index in [9.17, 15) is 4.79 Å². The topological polar surface area (TPSA) is 41.1 Å². The SMILES string of the molecule is CCc1ccccc1C(=O)N[C@@H]1CCCNC1.Cl. The number of benzene rings is 1. The molecule has 0 saturated carbocycles. The molecule has 18 heavy (non-hydrogen) atoms. The van der Waals surface area contributed by atoms with Crippen molar-refractivity contribution < 1.29 is 4.79 Å². The summed E-state index contributed by atoms with van der Waals surface area (Å²) in [6.45, 7) is 4.03. The third-order valence-corrected chi connectivity index (χ3v) is 3.27. The van der Waals surface area contributed by atoms with E-state index in [2.05, 4.69) is 17.6 Å². The van der Waals surface area contributed by atoms with Gasteiger partial charge < -0.3 is 10.6 Å². The van der Waals surface area contributed by atoms with Crippen LogP contribution in [0.4, 0.5) is 0 Å². The van der Waals surface area contributed by atoms with E-state index in [-0.39, 0.29) is 24.4 Å². The van der Waals surface area contributed by atoms with Crippen molar-refractivity contribution in [1.82, 2.24) is 10.6 Å². The van der Waals surface area contributed by atoms with Crippen LogP contribution in [0.25, 0.3) is 0 Å². The van der Waals surface area contributed by atoms with Crippen molar-refractivity contribution in [1.29, 1.82) is 0 Å². The quantitative estimate of drug-likeness (QED) is 0.882. The van der Waals surface area contributed by atoms with Crippen LogP contribution >= 0.6 is 12.4 Å². The molecule has 1 amide bonds. The lowest BCUT2D eigenvalue weighted by Crippen LogP contribution is -2.45. The predicted octanol–water partition coefficient (Wildman–Crippen LogP) is 2.15. The van der Waals surface area contributed by atoms with Gasteiger partial charge in [0.1, 0.15) is 0 Å². The van der Waals surface area contributed by atoms with Crippen LogP contribution in [0.3, 0.4) is 0 Å². The molecule has 1 atom stereocenters. The van der Waals surface area contributed by atoms with E-state index in [1.165, 1.54) is 0 Å². The second-order valence-electron chi connectivity index (χ2n) is 4.53. The van der Waals surface area contributed by atoms with Gasteiger partial charge in [0.2, 0.25) is 0 Å². The number of halogens is 1. The van der Waals surface area contributed by atoms with Gasteiger partial charge in [0.15, 0.2) is 0 Å². The first-order valence-corrected chi connectivity index (χ1v) is 6.40. The molecule has 1 aromatic rings. The fourth-order valence-corrected chi connectivity index (χ4v) is 2.29. The van der Waals surface area contributed by atoms with Gasteiger partial charge in [-0.25, -0.2) is 0 Å². The van der Waals surface area contributed by atoms with Gasteiger partial charge in [-0.15, -0.1) is 12.4 Å². The second-order valence-corrected chi connectivity index (χ2v) is 4.53. The molecular formula is C14H21ClN2O. The molecule has 1 fully saturated rings. The Kier molecular flexibility index (Phi) is 6.16. The molecule has 1 aliphatic heterocycles. The standard InChI is InChI=1S/C14H20N2O.ClH/c1-2-11-6-3-4-8-13(11)14(17)16-12-7-5-9-15-10-12;/h3-4,6,8,12,15H,2,5,7,9-10H2,1H3,(H,16,17);1H/t12-;/m1./s1. The molecule has 100 valence electrons. The number of carbonyl (C=O) groups excluding carboxylic acids is 1. The maximum Gasteiger partial charge on any atom is 0.251 e. The van der Waals surface area contributed by atoms with Crippen LogP contribution in [-0.2, 0) is 6.42 Å². The lowest BCUT2D eigenvalue weighted by molar-refractivity contribution is 0.0930. The lowest BCUT2D eigenvalue weighted by atomic mass is 10.0. The predicted molar refractivity (Wildman–Crippen MR) is 76.4 cm³/mol. The summed E-state index contributed by atoms with van der Waals surface area (Å²) in [5, 5.41) is 6.41. The van der Waals surface area contributed by atoms with Gasteiger partial charge in [0.05, 0.1) is 0 Å². The highest BCUT2D eigenvalue weighted by atomic mass is 35.5. The van der Waals surface area contributed by atoms with Crippen molar-refractivity contribution >= 4 is 18.3 Å². The van der Waals surface area contributed by atoms with Crippen LogP contribution < -0.4 is 10.6 Å². The minimum Gasteiger partial charge on any atom is -0.348 e. The summed E-state index contributed by atoms with van der Waals surface area (Å²) in [5.41, 5.74) is 1.94. The van der Waals surface area contributed by atoms with Crippen molar-refractivity contribution in [2.24, 2.45) is 0 Å². The number of hydrogen-bond donors (Lipinski definition) is 2. The van der Waals surface area contributed by atoms with Crippen LogP contribution in [0.5, 0.6) is 0 Å². The van der Waals surface area contributed by atoms with Crippen molar-refractivity contribution in [3.05, 3.63) is 35.4 Å². The zero-order valence-electron chi connectivity index (χ0n) is 10.7. The Morgan fingerprint density at radius 3 is 2.89 bits per heavy atom. The molecule has 0 bridgehead atoms. The first kappa shape index (κ1) is 15.0. The number of hydrogen-bond acceptors (Lipinski definition) is 2. The van der Waals surface area contributed by atoms with Gasteiger partial charge in [-0.1, -0.05) is 25.1 Å². The van der Waals surface area contributed by atoms with E-state index in [0.29, 0.717) is 0 Å². The maximum atomic E-state index is 12.2. The smallest absolute Gasteiger partial charge is 0.251 e. The van der Waals surface area contributed by atoms with Crippen LogP contribution in [0.15, 0.2) is 24.3 Å². The van der Waals surface area contributed by atoms with E-state index >= 15 is 0 Å². The molecule has 0 spiro atoms. The van der Waals surface area contributed by atoms with Gasteiger partial charge in [-0.2, -0.15) is 0 Å². The Bertz CT molecular complexity index is 389.